The summed E-state index contributed by atoms with van der Waals surface area (Å²) < 4.78 is 7.35. The molecule has 0 saturated heterocycles. The van der Waals surface area contributed by atoms with Crippen molar-refractivity contribution in [3.8, 4) is 11.6 Å². The molecule has 9 nitrogen and oxygen atoms in total. The number of nitrogens with zero attached hydrogens (tertiary/aromatic N) is 5. The molecular formula is C22H24N6O3S. The van der Waals surface area contributed by atoms with E-state index in [1.54, 1.807) is 35.4 Å². The summed E-state index contributed by atoms with van der Waals surface area (Å²) >= 11 is 1.32. The highest BCUT2D eigenvalue weighted by atomic mass is 32.2. The molecule has 0 aliphatic heterocycles. The number of aromatic amines is 1. The van der Waals surface area contributed by atoms with Crippen LogP contribution in [0.4, 0.5) is 0 Å². The number of carbonyl (C=O) groups excluding carboxylic acids is 1. The van der Waals surface area contributed by atoms with Gasteiger partial charge in [-0.05, 0) is 45.0 Å². The van der Waals surface area contributed by atoms with Crippen LogP contribution in [-0.2, 0) is 17.9 Å². The molecule has 0 fully saturated rings. The summed E-state index contributed by atoms with van der Waals surface area (Å²) in [5.41, 5.74) is 0.399. The van der Waals surface area contributed by atoms with Gasteiger partial charge in [0.15, 0.2) is 16.7 Å². The molecule has 0 bridgehead atoms. The number of furan rings is 1. The lowest BCUT2D eigenvalue weighted by Crippen LogP contribution is -2.38. The smallest absolute Gasteiger partial charge is 0.258 e. The van der Waals surface area contributed by atoms with Crippen LogP contribution in [0.1, 0.15) is 26.6 Å². The molecule has 0 unspecified atom stereocenters. The molecule has 0 radical (unpaired) electrons. The first kappa shape index (κ1) is 21.8. The molecule has 4 rings (SSSR count). The number of carbonyl (C=O) groups is 1. The zero-order valence-electron chi connectivity index (χ0n) is 18.1. The maximum Gasteiger partial charge on any atom is 0.258 e. The molecule has 1 amide bonds. The topological polar surface area (TPSA) is 110 Å². The van der Waals surface area contributed by atoms with Crippen molar-refractivity contribution in [2.45, 2.75) is 45.1 Å². The van der Waals surface area contributed by atoms with E-state index >= 15 is 0 Å². The second kappa shape index (κ2) is 9.39. The normalized spacial score (nSPS) is 11.4. The van der Waals surface area contributed by atoms with E-state index in [9.17, 15) is 9.59 Å². The van der Waals surface area contributed by atoms with Crippen LogP contribution in [0.3, 0.4) is 0 Å². The summed E-state index contributed by atoms with van der Waals surface area (Å²) in [5.74, 6) is 1.83. The Hall–Kier alpha value is -3.40. The maximum absolute atomic E-state index is 13.1. The van der Waals surface area contributed by atoms with Crippen LogP contribution in [0.5, 0.6) is 0 Å². The second-order valence-corrected chi connectivity index (χ2v) is 8.40. The van der Waals surface area contributed by atoms with Gasteiger partial charge in [-0.25, -0.2) is 4.98 Å². The van der Waals surface area contributed by atoms with E-state index in [0.717, 1.165) is 0 Å². The number of para-hydroxylation sites is 1. The van der Waals surface area contributed by atoms with Gasteiger partial charge in [0.05, 0.1) is 29.5 Å². The number of benzene rings is 1. The minimum atomic E-state index is -0.211. The molecule has 1 N–H and O–H groups in total. The van der Waals surface area contributed by atoms with E-state index in [-0.39, 0.29) is 29.8 Å². The lowest BCUT2D eigenvalue weighted by molar-refractivity contribution is -0.130. The highest BCUT2D eigenvalue weighted by Gasteiger charge is 2.21. The Labute approximate surface area is 188 Å². The average Bonchev–Trinajstić information content (AvgIpc) is 3.45. The molecule has 0 aliphatic rings. The lowest BCUT2D eigenvalue weighted by Gasteiger charge is -2.26. The molecule has 0 saturated carbocycles. The fraction of sp³-hybridized carbons (Fsp3) is 0.318. The summed E-state index contributed by atoms with van der Waals surface area (Å²) in [4.78, 5) is 34.4. The number of rotatable bonds is 8. The first-order chi connectivity index (χ1) is 15.5. The SMILES string of the molecule is CCn1c(SCC(=O)N(Cc2nc3ccccc3c(=O)[nH]2)C(C)C)nnc1-c1ccco1. The molecule has 10 heteroatoms. The fourth-order valence-corrected chi connectivity index (χ4v) is 4.30. The van der Waals surface area contributed by atoms with Crippen molar-refractivity contribution in [2.24, 2.45) is 0 Å². The van der Waals surface area contributed by atoms with Crippen LogP contribution in [0.15, 0.2) is 57.0 Å². The van der Waals surface area contributed by atoms with Crippen LogP contribution in [0.2, 0.25) is 0 Å². The third-order valence-electron chi connectivity index (χ3n) is 5.03. The number of hydrogen-bond donors (Lipinski definition) is 1. The quantitative estimate of drug-likeness (QED) is 0.408. The molecule has 0 aliphatic carbocycles. The number of hydrogen-bond acceptors (Lipinski definition) is 7. The Kier molecular flexibility index (Phi) is 6.40. The van der Waals surface area contributed by atoms with E-state index < -0.39 is 0 Å². The highest BCUT2D eigenvalue weighted by Crippen LogP contribution is 2.24. The Balaban J connectivity index is 1.50. The number of thioether (sulfide) groups is 1. The van der Waals surface area contributed by atoms with E-state index in [1.807, 2.05) is 37.5 Å². The van der Waals surface area contributed by atoms with Gasteiger partial charge < -0.3 is 14.3 Å². The molecule has 1 aromatic carbocycles. The van der Waals surface area contributed by atoms with Crippen molar-refractivity contribution in [3.05, 3.63) is 58.8 Å². The zero-order chi connectivity index (χ0) is 22.7. The Morgan fingerprint density at radius 3 is 2.75 bits per heavy atom. The van der Waals surface area contributed by atoms with Crippen molar-refractivity contribution in [1.82, 2.24) is 29.6 Å². The molecule has 4 aromatic rings. The van der Waals surface area contributed by atoms with Gasteiger partial charge in [-0.15, -0.1) is 10.2 Å². The monoisotopic (exact) mass is 452 g/mol. The number of H-pyrrole nitrogens is 1. The molecule has 0 atom stereocenters. The van der Waals surface area contributed by atoms with Gasteiger partial charge in [0, 0.05) is 12.6 Å². The minimum Gasteiger partial charge on any atom is -0.461 e. The van der Waals surface area contributed by atoms with E-state index in [0.29, 0.717) is 40.0 Å². The Bertz CT molecular complexity index is 1280. The number of fused-ring (bicyclic) bond motifs is 1. The van der Waals surface area contributed by atoms with Gasteiger partial charge in [0.2, 0.25) is 5.91 Å². The molecule has 3 aromatic heterocycles. The predicted octanol–water partition coefficient (Wildman–Crippen LogP) is 3.32. The molecule has 3 heterocycles. The molecule has 166 valence electrons. The van der Waals surface area contributed by atoms with Crippen molar-refractivity contribution in [3.63, 3.8) is 0 Å². The highest BCUT2D eigenvalue weighted by molar-refractivity contribution is 7.99. The van der Waals surface area contributed by atoms with Gasteiger partial charge >= 0.3 is 0 Å². The van der Waals surface area contributed by atoms with Gasteiger partial charge in [-0.1, -0.05) is 23.9 Å². The van der Waals surface area contributed by atoms with E-state index in [2.05, 4.69) is 20.2 Å². The Morgan fingerprint density at radius 2 is 2.03 bits per heavy atom. The van der Waals surface area contributed by atoms with Crippen LogP contribution in [-0.4, -0.2) is 47.3 Å². The van der Waals surface area contributed by atoms with Gasteiger partial charge in [0.1, 0.15) is 5.82 Å². The molecule has 32 heavy (non-hydrogen) atoms. The number of aromatic nitrogens is 5. The van der Waals surface area contributed by atoms with Gasteiger partial charge in [0.25, 0.3) is 5.56 Å². The van der Waals surface area contributed by atoms with Crippen LogP contribution in [0.25, 0.3) is 22.5 Å². The minimum absolute atomic E-state index is 0.0670. The van der Waals surface area contributed by atoms with E-state index in [1.165, 1.54) is 11.8 Å². The van der Waals surface area contributed by atoms with Gasteiger partial charge in [-0.3, -0.25) is 14.2 Å². The van der Waals surface area contributed by atoms with E-state index in [4.69, 9.17) is 4.42 Å². The lowest BCUT2D eigenvalue weighted by atomic mass is 10.2. The Morgan fingerprint density at radius 1 is 1.22 bits per heavy atom. The zero-order valence-corrected chi connectivity index (χ0v) is 18.9. The third-order valence-corrected chi connectivity index (χ3v) is 5.98. The molecular weight excluding hydrogens is 428 g/mol. The first-order valence-corrected chi connectivity index (χ1v) is 11.3. The molecule has 0 spiro atoms. The first-order valence-electron chi connectivity index (χ1n) is 10.3. The predicted molar refractivity (Wildman–Crippen MR) is 122 cm³/mol. The van der Waals surface area contributed by atoms with Crippen LogP contribution < -0.4 is 5.56 Å². The van der Waals surface area contributed by atoms with Gasteiger partial charge in [-0.2, -0.15) is 0 Å². The maximum atomic E-state index is 13.1. The van der Waals surface area contributed by atoms with Crippen molar-refractivity contribution < 1.29 is 9.21 Å². The summed E-state index contributed by atoms with van der Waals surface area (Å²) in [6, 6.07) is 10.7. The summed E-state index contributed by atoms with van der Waals surface area (Å²) in [6.45, 7) is 6.73. The standard InChI is InChI=1S/C22H24N6O3S/c1-4-27-20(17-10-7-11-31-17)25-26-22(27)32-13-19(29)28(14(2)3)12-18-23-16-9-6-5-8-15(16)21(30)24-18/h5-11,14H,4,12-13H2,1-3H3,(H,23,24,30). The van der Waals surface area contributed by atoms with Crippen molar-refractivity contribution in [1.29, 1.82) is 0 Å². The summed E-state index contributed by atoms with van der Waals surface area (Å²) in [6.07, 6.45) is 1.59. The largest absolute Gasteiger partial charge is 0.461 e. The van der Waals surface area contributed by atoms with Crippen LogP contribution in [0, 0.1) is 0 Å². The second-order valence-electron chi connectivity index (χ2n) is 7.46. The third kappa shape index (κ3) is 4.45. The average molecular weight is 453 g/mol. The van der Waals surface area contributed by atoms with Crippen molar-refractivity contribution in [2.75, 3.05) is 5.75 Å². The van der Waals surface area contributed by atoms with Crippen LogP contribution >= 0.6 is 11.8 Å². The van der Waals surface area contributed by atoms with Crippen molar-refractivity contribution >= 4 is 28.6 Å². The summed E-state index contributed by atoms with van der Waals surface area (Å²) in [5, 5.41) is 9.63. The number of nitrogens with one attached hydrogen (secondary N) is 1. The fourth-order valence-electron chi connectivity index (χ4n) is 3.41. The number of amides is 1. The summed E-state index contributed by atoms with van der Waals surface area (Å²) in [7, 11) is 0.